The molecule has 4 rings (SSSR count). The second kappa shape index (κ2) is 5.92. The van der Waals surface area contributed by atoms with E-state index in [1.807, 2.05) is 55.5 Å². The van der Waals surface area contributed by atoms with Gasteiger partial charge in [0.05, 0.1) is 12.1 Å². The number of fused-ring (bicyclic) bond motifs is 1. The Morgan fingerprint density at radius 3 is 2.91 bits per heavy atom. The summed E-state index contributed by atoms with van der Waals surface area (Å²) in [5.41, 5.74) is 1.95. The van der Waals surface area contributed by atoms with E-state index in [0.717, 1.165) is 40.5 Å². The van der Waals surface area contributed by atoms with Gasteiger partial charge in [-0.15, -0.1) is 0 Å². The predicted octanol–water partition coefficient (Wildman–Crippen LogP) is 4.92. The van der Waals surface area contributed by atoms with Crippen molar-refractivity contribution >= 4 is 10.9 Å². The molecule has 3 aromatic rings. The summed E-state index contributed by atoms with van der Waals surface area (Å²) in [4.78, 5) is 4.53. The first-order valence-electron chi connectivity index (χ1n) is 7.96. The van der Waals surface area contributed by atoms with Crippen LogP contribution in [-0.4, -0.2) is 11.6 Å². The van der Waals surface area contributed by atoms with Crippen molar-refractivity contribution in [3.63, 3.8) is 0 Å². The largest absolute Gasteiger partial charge is 0.493 e. The van der Waals surface area contributed by atoms with Crippen molar-refractivity contribution in [2.24, 2.45) is 5.92 Å². The molecule has 1 fully saturated rings. The minimum Gasteiger partial charge on any atom is -0.493 e. The van der Waals surface area contributed by atoms with Crippen LogP contribution in [0.15, 0.2) is 48.5 Å². The van der Waals surface area contributed by atoms with Crippen molar-refractivity contribution in [1.82, 2.24) is 4.98 Å². The quantitative estimate of drug-likeness (QED) is 0.670. The van der Waals surface area contributed by atoms with Crippen LogP contribution in [0.5, 0.6) is 17.4 Å². The number of aromatic nitrogens is 1. The van der Waals surface area contributed by atoms with Gasteiger partial charge in [-0.2, -0.15) is 0 Å². The van der Waals surface area contributed by atoms with E-state index in [1.54, 1.807) is 0 Å². The van der Waals surface area contributed by atoms with E-state index in [0.29, 0.717) is 5.88 Å². The summed E-state index contributed by atoms with van der Waals surface area (Å²) in [6, 6.07) is 18.6. The van der Waals surface area contributed by atoms with Crippen LogP contribution in [0.4, 0.5) is 0 Å². The molecule has 1 aliphatic rings. The van der Waals surface area contributed by atoms with Gasteiger partial charge in [0, 0.05) is 11.5 Å². The molecule has 0 aliphatic heterocycles. The molecule has 0 amide bonds. The van der Waals surface area contributed by atoms with Crippen molar-refractivity contribution in [2.75, 3.05) is 6.61 Å². The summed E-state index contributed by atoms with van der Waals surface area (Å²) in [5, 5.41) is 1.06. The molecule has 1 heterocycles. The van der Waals surface area contributed by atoms with Crippen LogP contribution in [0.25, 0.3) is 10.9 Å². The zero-order valence-electron chi connectivity index (χ0n) is 13.1. The number of hydrogen-bond acceptors (Lipinski definition) is 3. The molecular weight excluding hydrogens is 286 g/mol. The molecule has 3 heteroatoms. The summed E-state index contributed by atoms with van der Waals surface area (Å²) >= 11 is 0. The van der Waals surface area contributed by atoms with Gasteiger partial charge in [0.1, 0.15) is 11.5 Å². The molecule has 1 aromatic heterocycles. The molecule has 1 radical (unpaired) electrons. The fraction of sp³-hybridized carbons (Fsp3) is 0.250. The molecule has 0 spiro atoms. The summed E-state index contributed by atoms with van der Waals surface area (Å²) in [6.45, 7) is 2.85. The molecule has 23 heavy (non-hydrogen) atoms. The molecule has 0 saturated heterocycles. The van der Waals surface area contributed by atoms with Gasteiger partial charge in [-0.1, -0.05) is 6.07 Å². The lowest BCUT2D eigenvalue weighted by atomic mass is 10.2. The first-order valence-corrected chi connectivity index (χ1v) is 7.96. The van der Waals surface area contributed by atoms with Crippen LogP contribution in [0.1, 0.15) is 18.4 Å². The Balaban J connectivity index is 1.52. The van der Waals surface area contributed by atoms with E-state index in [9.17, 15) is 0 Å². The van der Waals surface area contributed by atoms with Gasteiger partial charge < -0.3 is 9.47 Å². The molecule has 0 atom stereocenters. The highest BCUT2D eigenvalue weighted by Gasteiger charge is 2.21. The average molecular weight is 304 g/mol. The van der Waals surface area contributed by atoms with Gasteiger partial charge in [0.25, 0.3) is 0 Å². The Labute approximate surface area is 135 Å². The van der Waals surface area contributed by atoms with E-state index in [1.165, 1.54) is 12.8 Å². The second-order valence-corrected chi connectivity index (χ2v) is 6.05. The van der Waals surface area contributed by atoms with Gasteiger partial charge in [-0.05, 0) is 73.7 Å². The lowest BCUT2D eigenvalue weighted by Crippen LogP contribution is -1.99. The van der Waals surface area contributed by atoms with Crippen LogP contribution < -0.4 is 9.47 Å². The summed E-state index contributed by atoms with van der Waals surface area (Å²) in [5.74, 6) is 3.06. The molecule has 1 aliphatic carbocycles. The lowest BCUT2D eigenvalue weighted by Gasteiger charge is -2.11. The van der Waals surface area contributed by atoms with Gasteiger partial charge in [0.2, 0.25) is 5.88 Å². The number of benzene rings is 2. The first-order chi connectivity index (χ1) is 11.3. The monoisotopic (exact) mass is 304 g/mol. The highest BCUT2D eigenvalue weighted by Crippen LogP contribution is 2.31. The van der Waals surface area contributed by atoms with Crippen LogP contribution in [0, 0.1) is 18.9 Å². The summed E-state index contributed by atoms with van der Waals surface area (Å²) in [6.07, 6.45) is 2.59. The summed E-state index contributed by atoms with van der Waals surface area (Å²) < 4.78 is 11.7. The first kappa shape index (κ1) is 14.1. The Bertz CT molecular complexity index is 840. The predicted molar refractivity (Wildman–Crippen MR) is 90.1 cm³/mol. The molecule has 0 bridgehead atoms. The number of rotatable bonds is 5. The average Bonchev–Trinajstić information content (AvgIpc) is 3.39. The molecule has 0 N–H and O–H groups in total. The van der Waals surface area contributed by atoms with E-state index < -0.39 is 0 Å². The minimum absolute atomic E-state index is 0.596. The SMILES string of the molecule is Cc1cc(OCC2CC2)ccc1Oc1ccc2c[c]ccc2n1. The topological polar surface area (TPSA) is 31.4 Å². The fourth-order valence-electron chi connectivity index (χ4n) is 2.48. The van der Waals surface area contributed by atoms with Gasteiger partial charge in [-0.25, -0.2) is 4.98 Å². The molecular formula is C20H18NO2. The Morgan fingerprint density at radius 2 is 2.09 bits per heavy atom. The maximum Gasteiger partial charge on any atom is 0.219 e. The molecule has 0 unspecified atom stereocenters. The van der Waals surface area contributed by atoms with Crippen molar-refractivity contribution in [3.8, 4) is 17.4 Å². The van der Waals surface area contributed by atoms with Gasteiger partial charge >= 0.3 is 0 Å². The maximum absolute atomic E-state index is 5.93. The van der Waals surface area contributed by atoms with Crippen molar-refractivity contribution in [3.05, 3.63) is 60.2 Å². The molecule has 115 valence electrons. The zero-order valence-corrected chi connectivity index (χ0v) is 13.1. The second-order valence-electron chi connectivity index (χ2n) is 6.05. The fourth-order valence-corrected chi connectivity index (χ4v) is 2.48. The number of aryl methyl sites for hydroxylation is 1. The molecule has 2 aromatic carbocycles. The Hall–Kier alpha value is -2.55. The van der Waals surface area contributed by atoms with Crippen molar-refractivity contribution in [2.45, 2.75) is 19.8 Å². The van der Waals surface area contributed by atoms with Crippen LogP contribution >= 0.6 is 0 Å². The zero-order chi connectivity index (χ0) is 15.6. The van der Waals surface area contributed by atoms with Crippen LogP contribution in [0.2, 0.25) is 0 Å². The van der Waals surface area contributed by atoms with E-state index in [4.69, 9.17) is 9.47 Å². The van der Waals surface area contributed by atoms with Crippen molar-refractivity contribution in [1.29, 1.82) is 0 Å². The summed E-state index contributed by atoms with van der Waals surface area (Å²) in [7, 11) is 0. The highest BCUT2D eigenvalue weighted by atomic mass is 16.5. The van der Waals surface area contributed by atoms with Gasteiger partial charge in [-0.3, -0.25) is 0 Å². The molecule has 1 saturated carbocycles. The van der Waals surface area contributed by atoms with E-state index >= 15 is 0 Å². The lowest BCUT2D eigenvalue weighted by molar-refractivity contribution is 0.299. The normalized spacial score (nSPS) is 14.0. The van der Waals surface area contributed by atoms with E-state index in [-0.39, 0.29) is 0 Å². The molecule has 3 nitrogen and oxygen atoms in total. The third-order valence-corrected chi connectivity index (χ3v) is 4.05. The Morgan fingerprint density at radius 1 is 1.17 bits per heavy atom. The van der Waals surface area contributed by atoms with Crippen molar-refractivity contribution < 1.29 is 9.47 Å². The third kappa shape index (κ3) is 3.29. The maximum atomic E-state index is 5.93. The number of nitrogens with zero attached hydrogens (tertiary/aromatic N) is 1. The third-order valence-electron chi connectivity index (χ3n) is 4.05. The minimum atomic E-state index is 0.596. The van der Waals surface area contributed by atoms with E-state index in [2.05, 4.69) is 11.1 Å². The van der Waals surface area contributed by atoms with Crippen LogP contribution in [0.3, 0.4) is 0 Å². The van der Waals surface area contributed by atoms with Gasteiger partial charge in [0.15, 0.2) is 0 Å². The highest BCUT2D eigenvalue weighted by molar-refractivity contribution is 5.78. The smallest absolute Gasteiger partial charge is 0.219 e. The number of pyridine rings is 1. The number of ether oxygens (including phenoxy) is 2. The Kier molecular flexibility index (Phi) is 3.62. The van der Waals surface area contributed by atoms with Crippen LogP contribution in [-0.2, 0) is 0 Å². The number of hydrogen-bond donors (Lipinski definition) is 0. The standard InChI is InChI=1S/C20H18NO2/c1-14-12-17(22-13-15-6-7-15)9-10-19(14)23-20-11-8-16-4-2-3-5-18(16)21-20/h3-5,8-12,15H,6-7,13H2,1H3.